The third kappa shape index (κ3) is 13.9. The van der Waals surface area contributed by atoms with Gasteiger partial charge in [-0.25, -0.2) is 0 Å². The third-order valence-corrected chi connectivity index (χ3v) is 9.38. The minimum atomic E-state index is -0.798. The summed E-state index contributed by atoms with van der Waals surface area (Å²) < 4.78 is 0. The number of piperazine rings is 1. The summed E-state index contributed by atoms with van der Waals surface area (Å²) in [7, 11) is 0. The van der Waals surface area contributed by atoms with E-state index in [-0.39, 0.29) is 34.5 Å². The van der Waals surface area contributed by atoms with E-state index in [4.69, 9.17) is 10.2 Å². The van der Waals surface area contributed by atoms with Crippen LogP contribution in [0.25, 0.3) is 0 Å². The van der Waals surface area contributed by atoms with Crippen molar-refractivity contribution in [3.05, 3.63) is 83.2 Å². The van der Waals surface area contributed by atoms with Crippen molar-refractivity contribution in [3.63, 3.8) is 0 Å². The zero-order valence-corrected chi connectivity index (χ0v) is 34.8. The Kier molecular flexibility index (Phi) is 16.1. The largest absolute Gasteiger partial charge is 0.507 e. The van der Waals surface area contributed by atoms with Gasteiger partial charge in [0, 0.05) is 38.0 Å². The second-order valence-electron chi connectivity index (χ2n) is 18.3. The van der Waals surface area contributed by atoms with Crippen molar-refractivity contribution < 1.29 is 30.0 Å². The maximum absolute atomic E-state index is 10.8. The van der Waals surface area contributed by atoms with Gasteiger partial charge in [-0.2, -0.15) is 0 Å². The Hall–Kier alpha value is -3.94. The second kappa shape index (κ2) is 18.2. The summed E-state index contributed by atoms with van der Waals surface area (Å²) in [4.78, 5) is 26.1. The Labute approximate surface area is 315 Å². The van der Waals surface area contributed by atoms with Crippen LogP contribution in [0.3, 0.4) is 0 Å². The van der Waals surface area contributed by atoms with Crippen molar-refractivity contribution in [2.24, 2.45) is 0 Å². The summed E-state index contributed by atoms with van der Waals surface area (Å²) in [6, 6.07) is 8.86. The third-order valence-electron chi connectivity index (χ3n) is 9.38. The second-order valence-corrected chi connectivity index (χ2v) is 18.3. The number of carboxylic acid groups (broad SMARTS) is 2. The smallest absolute Gasteiger partial charge is 0.303 e. The first-order chi connectivity index (χ1) is 23.5. The zero-order valence-electron chi connectivity index (χ0n) is 34.8. The number of rotatable bonds is 8. The molecular formula is C44H70N2O6. The molecule has 2 aromatic rings. The number of hydrogen-bond acceptors (Lipinski definition) is 6. The summed E-state index contributed by atoms with van der Waals surface area (Å²) in [5.41, 5.74) is 4.76. The number of phenolic OH excluding ortho intramolecular Hbond substituents is 2. The quantitative estimate of drug-likeness (QED) is 0.213. The van der Waals surface area contributed by atoms with E-state index < -0.39 is 11.9 Å². The predicted octanol–water partition coefficient (Wildman–Crippen LogP) is 9.68. The average molecular weight is 723 g/mol. The average Bonchev–Trinajstić information content (AvgIpc) is 2.99. The highest BCUT2D eigenvalue weighted by molar-refractivity contribution is 5.67. The van der Waals surface area contributed by atoms with Crippen LogP contribution in [0.15, 0.2) is 49.8 Å². The van der Waals surface area contributed by atoms with Crippen molar-refractivity contribution in [3.8, 4) is 11.5 Å². The number of carboxylic acids is 2. The highest BCUT2D eigenvalue weighted by Gasteiger charge is 2.28. The van der Waals surface area contributed by atoms with E-state index in [2.05, 4.69) is 120 Å². The van der Waals surface area contributed by atoms with Gasteiger partial charge >= 0.3 is 11.9 Å². The minimum absolute atomic E-state index is 0.109. The fourth-order valence-electron chi connectivity index (χ4n) is 6.16. The Morgan fingerprint density at radius 3 is 1.00 bits per heavy atom. The van der Waals surface area contributed by atoms with E-state index in [0.717, 1.165) is 46.5 Å². The normalized spacial score (nSPS) is 16.6. The standard InChI is InChI=1S/2C17H26O3.C10H18N2/c2*1-16(2,3)12-9-11(7-8-14(18)19)10-13(15(12)20)17(4,5)6;1-5-11-7-10(4)12(6-2)8-9(11)3/h2*9-10,20H,7-8H2,1-6H3,(H,18,19);5-6,9-10H,1-2,7-8H2,3-4H3. The molecule has 8 heteroatoms. The van der Waals surface area contributed by atoms with E-state index >= 15 is 0 Å². The molecule has 0 aromatic heterocycles. The predicted molar refractivity (Wildman–Crippen MR) is 216 cm³/mol. The molecule has 0 aliphatic carbocycles. The molecule has 0 amide bonds. The Morgan fingerprint density at radius 1 is 0.596 bits per heavy atom. The molecule has 2 unspecified atom stereocenters. The van der Waals surface area contributed by atoms with Gasteiger partial charge in [-0.3, -0.25) is 9.59 Å². The maximum Gasteiger partial charge on any atom is 0.303 e. The molecule has 1 fully saturated rings. The van der Waals surface area contributed by atoms with Crippen molar-refractivity contribution in [2.75, 3.05) is 13.1 Å². The number of nitrogens with zero attached hydrogens (tertiary/aromatic N) is 2. The lowest BCUT2D eigenvalue weighted by Gasteiger charge is -2.43. The highest BCUT2D eigenvalue weighted by atomic mass is 16.4. The number of benzene rings is 2. The first-order valence-corrected chi connectivity index (χ1v) is 18.5. The van der Waals surface area contributed by atoms with Crippen LogP contribution in [-0.2, 0) is 44.1 Å². The molecule has 1 aliphatic rings. The van der Waals surface area contributed by atoms with E-state index in [9.17, 15) is 19.8 Å². The first kappa shape index (κ1) is 46.1. The van der Waals surface area contributed by atoms with Crippen LogP contribution in [0.1, 0.15) is 143 Å². The van der Waals surface area contributed by atoms with E-state index in [1.165, 1.54) is 0 Å². The van der Waals surface area contributed by atoms with Crippen molar-refractivity contribution in [1.29, 1.82) is 0 Å². The molecule has 0 saturated carbocycles. The number of aliphatic carboxylic acids is 2. The monoisotopic (exact) mass is 723 g/mol. The van der Waals surface area contributed by atoms with Crippen LogP contribution < -0.4 is 0 Å². The molecule has 0 radical (unpaired) electrons. The van der Waals surface area contributed by atoms with Gasteiger partial charge < -0.3 is 30.2 Å². The van der Waals surface area contributed by atoms with Gasteiger partial charge in [-0.15, -0.1) is 0 Å². The van der Waals surface area contributed by atoms with Crippen molar-refractivity contribution in [1.82, 2.24) is 9.80 Å². The minimum Gasteiger partial charge on any atom is -0.507 e. The molecule has 1 saturated heterocycles. The maximum atomic E-state index is 10.8. The van der Waals surface area contributed by atoms with Crippen molar-refractivity contribution >= 4 is 11.9 Å². The number of aromatic hydroxyl groups is 2. The van der Waals surface area contributed by atoms with E-state index in [1.54, 1.807) is 0 Å². The van der Waals surface area contributed by atoms with Crippen LogP contribution >= 0.6 is 0 Å². The topological polar surface area (TPSA) is 122 Å². The fourth-order valence-corrected chi connectivity index (χ4v) is 6.16. The van der Waals surface area contributed by atoms with Crippen LogP contribution in [0.4, 0.5) is 0 Å². The first-order valence-electron chi connectivity index (χ1n) is 18.5. The Balaban J connectivity index is 0.000000403. The Morgan fingerprint density at radius 2 is 0.827 bits per heavy atom. The molecule has 52 heavy (non-hydrogen) atoms. The zero-order chi connectivity index (χ0) is 40.6. The van der Waals surface area contributed by atoms with Crippen LogP contribution in [0.2, 0.25) is 0 Å². The molecule has 1 heterocycles. The van der Waals surface area contributed by atoms with Gasteiger partial charge in [-0.1, -0.05) is 121 Å². The molecule has 4 N–H and O–H groups in total. The molecule has 0 bridgehead atoms. The van der Waals surface area contributed by atoms with E-state index in [1.807, 2.05) is 36.7 Å². The van der Waals surface area contributed by atoms with Gasteiger partial charge in [0.25, 0.3) is 0 Å². The fraction of sp³-hybridized carbons (Fsp3) is 0.591. The molecule has 2 aromatic carbocycles. The summed E-state index contributed by atoms with van der Waals surface area (Å²) in [6.45, 7) is 38.7. The molecule has 3 rings (SSSR count). The van der Waals surface area contributed by atoms with Gasteiger partial charge in [-0.05, 0) is 94.1 Å². The van der Waals surface area contributed by atoms with E-state index in [0.29, 0.717) is 36.4 Å². The lowest BCUT2D eigenvalue weighted by Crippen LogP contribution is -2.52. The van der Waals surface area contributed by atoms with Gasteiger partial charge in [0.2, 0.25) is 0 Å². The van der Waals surface area contributed by atoms with Gasteiger partial charge in [0.15, 0.2) is 0 Å². The van der Waals surface area contributed by atoms with Gasteiger partial charge in [0.05, 0.1) is 0 Å². The lowest BCUT2D eigenvalue weighted by molar-refractivity contribution is -0.138. The lowest BCUT2D eigenvalue weighted by atomic mass is 9.78. The SMILES string of the molecule is C=CN1CC(C)N(C=C)CC1C.CC(C)(C)c1cc(CCC(=O)O)cc(C(C)(C)C)c1O.CC(C)(C)c1cc(CCC(=O)O)cc(C(C)(C)C)c1O. The molecule has 292 valence electrons. The summed E-state index contributed by atoms with van der Waals surface area (Å²) in [5.74, 6) is -0.923. The number of hydrogen-bond donors (Lipinski definition) is 4. The molecule has 0 spiro atoms. The van der Waals surface area contributed by atoms with Gasteiger partial charge in [0.1, 0.15) is 11.5 Å². The Bertz CT molecular complexity index is 1350. The van der Waals surface area contributed by atoms with Crippen molar-refractivity contribution in [2.45, 2.75) is 156 Å². The summed E-state index contributed by atoms with van der Waals surface area (Å²) in [5, 5.41) is 38.8. The van der Waals surface area contributed by atoms with Crippen LogP contribution in [-0.4, -0.2) is 67.3 Å². The number of carbonyl (C=O) groups is 2. The summed E-state index contributed by atoms with van der Waals surface area (Å²) >= 11 is 0. The number of aryl methyl sites for hydroxylation is 2. The molecule has 1 aliphatic heterocycles. The van der Waals surface area contributed by atoms with Crippen LogP contribution in [0.5, 0.6) is 11.5 Å². The molecule has 8 nitrogen and oxygen atoms in total. The van der Waals surface area contributed by atoms with Crippen LogP contribution in [0, 0.1) is 0 Å². The molecular weight excluding hydrogens is 652 g/mol. The number of phenols is 2. The summed E-state index contributed by atoms with van der Waals surface area (Å²) in [6.07, 6.45) is 5.06. The molecule has 2 atom stereocenters. The highest BCUT2D eigenvalue weighted by Crippen LogP contribution is 2.41.